The molecule has 3 aromatic heterocycles. The second-order valence-corrected chi connectivity index (χ2v) is 4.03. The van der Waals surface area contributed by atoms with Crippen LogP contribution in [0.4, 0.5) is 0 Å². The average molecular weight is 242 g/mol. The molecule has 0 saturated heterocycles. The topological polar surface area (TPSA) is 38.7 Å². The highest BCUT2D eigenvalue weighted by molar-refractivity contribution is 6.35. The molecule has 0 aliphatic heterocycles. The van der Waals surface area contributed by atoms with Crippen LogP contribution in [0.1, 0.15) is 0 Å². The molecule has 0 amide bonds. The minimum Gasteiger partial charge on any atom is -0.265 e. The highest BCUT2D eigenvalue weighted by Crippen LogP contribution is 2.26. The van der Waals surface area contributed by atoms with Gasteiger partial charge < -0.3 is 0 Å². The Kier molecular flexibility index (Phi) is 2.46. The van der Waals surface area contributed by atoms with Gasteiger partial charge in [0.25, 0.3) is 0 Å². The van der Waals surface area contributed by atoms with E-state index < -0.39 is 0 Å². The minimum atomic E-state index is 0.684. The first-order valence-corrected chi connectivity index (χ1v) is 5.53. The summed E-state index contributed by atoms with van der Waals surface area (Å²) in [6.07, 6.45) is 6.89. The lowest BCUT2D eigenvalue weighted by Gasteiger charge is -2.04. The van der Waals surface area contributed by atoms with E-state index >= 15 is 0 Å². The normalized spacial score (nSPS) is 10.6. The Bertz CT molecular complexity index is 668. The quantitative estimate of drug-likeness (QED) is 0.656. The molecule has 0 aromatic carbocycles. The Balaban J connectivity index is 2.26. The van der Waals surface area contributed by atoms with Gasteiger partial charge in [0.1, 0.15) is 0 Å². The van der Waals surface area contributed by atoms with E-state index in [-0.39, 0.29) is 0 Å². The zero-order valence-electron chi connectivity index (χ0n) is 8.84. The summed E-state index contributed by atoms with van der Waals surface area (Å²) in [6, 6.07) is 7.53. The summed E-state index contributed by atoms with van der Waals surface area (Å²) in [5, 5.41) is 1.60. The number of aromatic nitrogens is 3. The van der Waals surface area contributed by atoms with E-state index in [4.69, 9.17) is 11.6 Å². The largest absolute Gasteiger partial charge is 0.265 e. The predicted octanol–water partition coefficient (Wildman–Crippen LogP) is 3.35. The molecule has 0 fully saturated rings. The Morgan fingerprint density at radius 2 is 1.71 bits per heavy atom. The molecule has 3 nitrogen and oxygen atoms in total. The summed E-state index contributed by atoms with van der Waals surface area (Å²) in [6.45, 7) is 0. The second kappa shape index (κ2) is 4.11. The fourth-order valence-corrected chi connectivity index (χ4v) is 1.97. The third-order valence-corrected chi connectivity index (χ3v) is 2.85. The molecule has 82 valence electrons. The molecule has 3 heterocycles. The number of hydrogen-bond acceptors (Lipinski definition) is 3. The van der Waals surface area contributed by atoms with Crippen LogP contribution >= 0.6 is 11.6 Å². The molecule has 0 N–H and O–H groups in total. The zero-order valence-corrected chi connectivity index (χ0v) is 9.59. The van der Waals surface area contributed by atoms with Crippen LogP contribution in [0.3, 0.4) is 0 Å². The molecule has 0 saturated carbocycles. The molecular formula is C13H8ClN3. The van der Waals surface area contributed by atoms with E-state index in [0.29, 0.717) is 5.02 Å². The van der Waals surface area contributed by atoms with Gasteiger partial charge in [-0.05, 0) is 24.3 Å². The van der Waals surface area contributed by atoms with Crippen molar-refractivity contribution >= 4 is 22.5 Å². The van der Waals surface area contributed by atoms with Crippen molar-refractivity contribution in [2.45, 2.75) is 0 Å². The van der Waals surface area contributed by atoms with Gasteiger partial charge in [-0.25, -0.2) is 4.98 Å². The van der Waals surface area contributed by atoms with Crippen LogP contribution in [0, 0.1) is 0 Å². The molecule has 0 spiro atoms. The first-order chi connectivity index (χ1) is 8.34. The molecule has 0 aliphatic carbocycles. The molecule has 4 heteroatoms. The molecule has 0 bridgehead atoms. The molecule has 17 heavy (non-hydrogen) atoms. The molecule has 0 aliphatic rings. The van der Waals surface area contributed by atoms with Gasteiger partial charge in [-0.1, -0.05) is 11.6 Å². The molecule has 0 atom stereocenters. The number of halogens is 1. The van der Waals surface area contributed by atoms with Crippen LogP contribution in [0.25, 0.3) is 22.2 Å². The van der Waals surface area contributed by atoms with Gasteiger partial charge in [0.15, 0.2) is 0 Å². The Morgan fingerprint density at radius 1 is 0.941 bits per heavy atom. The van der Waals surface area contributed by atoms with E-state index in [2.05, 4.69) is 15.0 Å². The summed E-state index contributed by atoms with van der Waals surface area (Å²) < 4.78 is 0. The lowest BCUT2D eigenvalue weighted by Crippen LogP contribution is -1.87. The van der Waals surface area contributed by atoms with Gasteiger partial charge >= 0.3 is 0 Å². The Hall–Kier alpha value is -2.00. The van der Waals surface area contributed by atoms with Crippen molar-refractivity contribution < 1.29 is 0 Å². The van der Waals surface area contributed by atoms with Crippen molar-refractivity contribution in [3.63, 3.8) is 0 Å². The maximum Gasteiger partial charge on any atom is 0.0907 e. The molecule has 0 unspecified atom stereocenters. The number of fused-ring (bicyclic) bond motifs is 1. The Morgan fingerprint density at radius 3 is 2.53 bits per heavy atom. The number of nitrogens with zero attached hydrogens (tertiary/aromatic N) is 3. The van der Waals surface area contributed by atoms with Crippen molar-refractivity contribution in [2.24, 2.45) is 0 Å². The van der Waals surface area contributed by atoms with Gasteiger partial charge in [-0.2, -0.15) is 0 Å². The van der Waals surface area contributed by atoms with Crippen molar-refractivity contribution in [2.75, 3.05) is 0 Å². The van der Waals surface area contributed by atoms with Gasteiger partial charge in [0, 0.05) is 29.5 Å². The van der Waals surface area contributed by atoms with Crippen LogP contribution in [0.5, 0.6) is 0 Å². The average Bonchev–Trinajstić information content (AvgIpc) is 2.40. The van der Waals surface area contributed by atoms with Crippen LogP contribution in [-0.2, 0) is 0 Å². The third-order valence-electron chi connectivity index (χ3n) is 2.54. The van der Waals surface area contributed by atoms with E-state index in [1.54, 1.807) is 24.8 Å². The van der Waals surface area contributed by atoms with Crippen LogP contribution in [0.2, 0.25) is 5.02 Å². The van der Waals surface area contributed by atoms with Gasteiger partial charge in [-0.3, -0.25) is 9.97 Å². The van der Waals surface area contributed by atoms with Crippen LogP contribution < -0.4 is 0 Å². The van der Waals surface area contributed by atoms with Gasteiger partial charge in [0.2, 0.25) is 0 Å². The third kappa shape index (κ3) is 1.85. The summed E-state index contributed by atoms with van der Waals surface area (Å²) in [7, 11) is 0. The lowest BCUT2D eigenvalue weighted by molar-refractivity contribution is 1.29. The molecule has 3 aromatic rings. The van der Waals surface area contributed by atoms with Crippen LogP contribution in [0.15, 0.2) is 49.1 Å². The lowest BCUT2D eigenvalue weighted by atomic mass is 10.1. The van der Waals surface area contributed by atoms with Crippen molar-refractivity contribution in [1.29, 1.82) is 0 Å². The van der Waals surface area contributed by atoms with E-state index in [1.807, 2.05) is 24.3 Å². The Labute approximate surface area is 103 Å². The van der Waals surface area contributed by atoms with Crippen molar-refractivity contribution in [1.82, 2.24) is 15.0 Å². The van der Waals surface area contributed by atoms with E-state index in [1.165, 1.54) is 0 Å². The van der Waals surface area contributed by atoms with Crippen LogP contribution in [-0.4, -0.2) is 15.0 Å². The number of pyridine rings is 3. The number of hydrogen-bond donors (Lipinski definition) is 0. The first kappa shape index (κ1) is 10.2. The smallest absolute Gasteiger partial charge is 0.0907 e. The van der Waals surface area contributed by atoms with E-state index in [9.17, 15) is 0 Å². The van der Waals surface area contributed by atoms with Crippen molar-refractivity contribution in [3.8, 4) is 11.3 Å². The fraction of sp³-hybridized carbons (Fsp3) is 0. The fourth-order valence-electron chi connectivity index (χ4n) is 1.71. The van der Waals surface area contributed by atoms with Crippen molar-refractivity contribution in [3.05, 3.63) is 54.1 Å². The van der Waals surface area contributed by atoms with Gasteiger partial charge in [-0.15, -0.1) is 0 Å². The minimum absolute atomic E-state index is 0.684. The number of rotatable bonds is 1. The SMILES string of the molecule is Clc1cc(-c2ccncc2)nc2cnccc12. The monoisotopic (exact) mass is 241 g/mol. The summed E-state index contributed by atoms with van der Waals surface area (Å²) in [5.74, 6) is 0. The van der Waals surface area contributed by atoms with E-state index in [0.717, 1.165) is 22.2 Å². The standard InChI is InChI=1S/C13H8ClN3/c14-11-7-12(9-1-4-15-5-2-9)17-13-8-16-6-3-10(11)13/h1-8H. The summed E-state index contributed by atoms with van der Waals surface area (Å²) >= 11 is 6.23. The maximum absolute atomic E-state index is 6.23. The second-order valence-electron chi connectivity index (χ2n) is 3.62. The highest BCUT2D eigenvalue weighted by atomic mass is 35.5. The molecular weight excluding hydrogens is 234 g/mol. The molecule has 3 rings (SSSR count). The summed E-state index contributed by atoms with van der Waals surface area (Å²) in [4.78, 5) is 12.6. The summed E-state index contributed by atoms with van der Waals surface area (Å²) in [5.41, 5.74) is 2.62. The van der Waals surface area contributed by atoms with Gasteiger partial charge in [0.05, 0.1) is 22.4 Å². The highest BCUT2D eigenvalue weighted by Gasteiger charge is 2.05. The first-order valence-electron chi connectivity index (χ1n) is 5.15. The predicted molar refractivity (Wildman–Crippen MR) is 67.8 cm³/mol. The molecule has 0 radical (unpaired) electrons. The maximum atomic E-state index is 6.23. The zero-order chi connectivity index (χ0) is 11.7.